The maximum absolute atomic E-state index is 10.1. The zero-order chi connectivity index (χ0) is 22.0. The van der Waals surface area contributed by atoms with E-state index >= 15 is 0 Å². The molecule has 0 amide bonds. The van der Waals surface area contributed by atoms with E-state index in [2.05, 4.69) is 13.8 Å². The molecule has 30 heavy (non-hydrogen) atoms. The van der Waals surface area contributed by atoms with Gasteiger partial charge in [0, 0.05) is 0 Å². The molecular formula is C29H60O. The van der Waals surface area contributed by atoms with Crippen molar-refractivity contribution in [1.82, 2.24) is 0 Å². The van der Waals surface area contributed by atoms with Crippen molar-refractivity contribution in [3.63, 3.8) is 0 Å². The Morgan fingerprint density at radius 2 is 0.533 bits per heavy atom. The van der Waals surface area contributed by atoms with Crippen LogP contribution in [0.25, 0.3) is 0 Å². The highest BCUT2D eigenvalue weighted by Crippen LogP contribution is 2.16. The van der Waals surface area contributed by atoms with Crippen LogP contribution in [0.5, 0.6) is 0 Å². The molecule has 0 saturated heterocycles. The lowest BCUT2D eigenvalue weighted by Crippen LogP contribution is -2.05. The van der Waals surface area contributed by atoms with Crippen LogP contribution in [0.15, 0.2) is 0 Å². The molecule has 0 aliphatic carbocycles. The molecule has 1 nitrogen and oxygen atoms in total. The van der Waals surface area contributed by atoms with Crippen LogP contribution in [0, 0.1) is 0 Å². The van der Waals surface area contributed by atoms with Gasteiger partial charge in [-0.2, -0.15) is 0 Å². The average Bonchev–Trinajstić information content (AvgIpc) is 2.75. The lowest BCUT2D eigenvalue weighted by Gasteiger charge is -2.10. The number of aliphatic hydroxyl groups is 1. The van der Waals surface area contributed by atoms with Crippen LogP contribution in [0.3, 0.4) is 0 Å². The summed E-state index contributed by atoms with van der Waals surface area (Å²) < 4.78 is 0. The van der Waals surface area contributed by atoms with Crippen molar-refractivity contribution in [3.05, 3.63) is 0 Å². The maximum Gasteiger partial charge on any atom is 0.0540 e. The first-order chi connectivity index (χ1) is 14.8. The smallest absolute Gasteiger partial charge is 0.0540 e. The fourth-order valence-electron chi connectivity index (χ4n) is 4.59. The predicted octanol–water partition coefficient (Wildman–Crippen LogP) is 10.5. The number of unbranched alkanes of at least 4 members (excludes halogenated alkanes) is 22. The van der Waals surface area contributed by atoms with Crippen LogP contribution >= 0.6 is 0 Å². The van der Waals surface area contributed by atoms with E-state index in [0.29, 0.717) is 0 Å². The SMILES string of the molecule is CCCCCCCCCCCCCCCCCC[C@H](O)CCCCCCCCCC. The molecule has 1 N–H and O–H groups in total. The second-order valence-corrected chi connectivity index (χ2v) is 10.0. The Bertz CT molecular complexity index is 288. The molecule has 0 fully saturated rings. The molecule has 0 rings (SSSR count). The first-order valence-electron chi connectivity index (χ1n) is 14.5. The highest BCUT2D eigenvalue weighted by molar-refractivity contribution is 4.58. The van der Waals surface area contributed by atoms with Gasteiger partial charge in [-0.15, -0.1) is 0 Å². The topological polar surface area (TPSA) is 20.2 Å². The molecule has 0 radical (unpaired) electrons. The van der Waals surface area contributed by atoms with E-state index in [9.17, 15) is 5.11 Å². The Hall–Kier alpha value is -0.0400. The van der Waals surface area contributed by atoms with Crippen molar-refractivity contribution in [1.29, 1.82) is 0 Å². The van der Waals surface area contributed by atoms with Gasteiger partial charge in [0.2, 0.25) is 0 Å². The van der Waals surface area contributed by atoms with Crippen molar-refractivity contribution in [2.75, 3.05) is 0 Å². The third-order valence-corrected chi connectivity index (χ3v) is 6.78. The van der Waals surface area contributed by atoms with Crippen LogP contribution in [0.2, 0.25) is 0 Å². The molecule has 0 aliphatic rings. The molecule has 182 valence electrons. The van der Waals surface area contributed by atoms with Crippen molar-refractivity contribution in [2.45, 2.75) is 187 Å². The van der Waals surface area contributed by atoms with Crippen molar-refractivity contribution >= 4 is 0 Å². The summed E-state index contributed by atoms with van der Waals surface area (Å²) in [7, 11) is 0. The van der Waals surface area contributed by atoms with Gasteiger partial charge in [0.1, 0.15) is 0 Å². The molecule has 0 bridgehead atoms. The van der Waals surface area contributed by atoms with E-state index in [1.807, 2.05) is 0 Å². The quantitative estimate of drug-likeness (QED) is 0.137. The van der Waals surface area contributed by atoms with Crippen LogP contribution < -0.4 is 0 Å². The van der Waals surface area contributed by atoms with Gasteiger partial charge in [0.15, 0.2) is 0 Å². The van der Waals surface area contributed by atoms with Gasteiger partial charge in [0.25, 0.3) is 0 Å². The van der Waals surface area contributed by atoms with Gasteiger partial charge in [0.05, 0.1) is 6.10 Å². The molecule has 0 heterocycles. The normalized spacial score (nSPS) is 12.5. The summed E-state index contributed by atoms with van der Waals surface area (Å²) >= 11 is 0. The highest BCUT2D eigenvalue weighted by Gasteiger charge is 2.03. The molecule has 0 unspecified atom stereocenters. The highest BCUT2D eigenvalue weighted by atomic mass is 16.3. The van der Waals surface area contributed by atoms with E-state index in [1.165, 1.54) is 154 Å². The Balaban J connectivity index is 3.11. The molecule has 0 aromatic heterocycles. The molecular weight excluding hydrogens is 364 g/mol. The molecule has 0 saturated carbocycles. The van der Waals surface area contributed by atoms with E-state index in [-0.39, 0.29) is 6.10 Å². The van der Waals surface area contributed by atoms with Crippen molar-refractivity contribution in [2.24, 2.45) is 0 Å². The standard InChI is InChI=1S/C29H60O/c1-3-5-7-9-11-13-14-15-16-17-18-19-20-22-24-26-28-29(30)27-25-23-21-12-10-8-6-4-2/h29-30H,3-28H2,1-2H3/t29-/m1/s1. The minimum absolute atomic E-state index is 0.0308. The number of rotatable bonds is 26. The lowest BCUT2D eigenvalue weighted by molar-refractivity contribution is 0.147. The monoisotopic (exact) mass is 424 g/mol. The lowest BCUT2D eigenvalue weighted by atomic mass is 10.0. The summed E-state index contributed by atoms with van der Waals surface area (Å²) in [5, 5.41) is 10.1. The van der Waals surface area contributed by atoms with Crippen LogP contribution in [-0.4, -0.2) is 11.2 Å². The average molecular weight is 425 g/mol. The molecule has 0 spiro atoms. The molecule has 1 heteroatoms. The largest absolute Gasteiger partial charge is 0.393 e. The summed E-state index contributed by atoms with van der Waals surface area (Å²) in [5.74, 6) is 0. The predicted molar refractivity (Wildman–Crippen MR) is 137 cm³/mol. The Labute approximate surface area is 192 Å². The van der Waals surface area contributed by atoms with Gasteiger partial charge in [-0.3, -0.25) is 0 Å². The minimum Gasteiger partial charge on any atom is -0.393 e. The third kappa shape index (κ3) is 26.0. The first-order valence-corrected chi connectivity index (χ1v) is 14.5. The molecule has 1 atom stereocenters. The number of hydrogen-bond donors (Lipinski definition) is 1. The van der Waals surface area contributed by atoms with Crippen LogP contribution in [-0.2, 0) is 0 Å². The van der Waals surface area contributed by atoms with E-state index in [0.717, 1.165) is 12.8 Å². The second-order valence-electron chi connectivity index (χ2n) is 10.0. The van der Waals surface area contributed by atoms with Crippen LogP contribution in [0.1, 0.15) is 181 Å². The summed E-state index contributed by atoms with van der Waals surface area (Å²) in [6, 6.07) is 0. The summed E-state index contributed by atoms with van der Waals surface area (Å²) in [4.78, 5) is 0. The first kappa shape index (κ1) is 30.0. The zero-order valence-corrected chi connectivity index (χ0v) is 21.4. The van der Waals surface area contributed by atoms with E-state index < -0.39 is 0 Å². The Kier molecular flexibility index (Phi) is 27.0. The Morgan fingerprint density at radius 3 is 0.767 bits per heavy atom. The fraction of sp³-hybridized carbons (Fsp3) is 1.00. The van der Waals surface area contributed by atoms with Gasteiger partial charge >= 0.3 is 0 Å². The summed E-state index contributed by atoms with van der Waals surface area (Å²) in [6.07, 6.45) is 35.6. The third-order valence-electron chi connectivity index (χ3n) is 6.78. The van der Waals surface area contributed by atoms with E-state index in [4.69, 9.17) is 0 Å². The number of aliphatic hydroxyl groups excluding tert-OH is 1. The van der Waals surface area contributed by atoms with E-state index in [1.54, 1.807) is 0 Å². The minimum atomic E-state index is -0.0308. The Morgan fingerprint density at radius 1 is 0.333 bits per heavy atom. The molecule has 0 aromatic rings. The maximum atomic E-state index is 10.1. The van der Waals surface area contributed by atoms with Gasteiger partial charge in [-0.1, -0.05) is 168 Å². The summed E-state index contributed by atoms with van der Waals surface area (Å²) in [5.41, 5.74) is 0. The zero-order valence-electron chi connectivity index (χ0n) is 21.4. The van der Waals surface area contributed by atoms with Gasteiger partial charge in [-0.05, 0) is 12.8 Å². The molecule has 0 aromatic carbocycles. The second kappa shape index (κ2) is 27.0. The van der Waals surface area contributed by atoms with Crippen LogP contribution in [0.4, 0.5) is 0 Å². The van der Waals surface area contributed by atoms with Crippen molar-refractivity contribution in [3.8, 4) is 0 Å². The molecule has 0 aliphatic heterocycles. The summed E-state index contributed by atoms with van der Waals surface area (Å²) in [6.45, 7) is 4.57. The number of hydrogen-bond acceptors (Lipinski definition) is 1. The fourth-order valence-corrected chi connectivity index (χ4v) is 4.59. The van der Waals surface area contributed by atoms with Gasteiger partial charge < -0.3 is 5.11 Å². The van der Waals surface area contributed by atoms with Crippen molar-refractivity contribution < 1.29 is 5.11 Å². The van der Waals surface area contributed by atoms with Gasteiger partial charge in [-0.25, -0.2) is 0 Å².